The van der Waals surface area contributed by atoms with Crippen molar-refractivity contribution in [3.63, 3.8) is 0 Å². The van der Waals surface area contributed by atoms with Crippen molar-refractivity contribution in [2.45, 2.75) is 20.8 Å². The van der Waals surface area contributed by atoms with E-state index in [0.717, 1.165) is 20.2 Å². The number of imide groups is 1. The number of carbonyl (C=O) groups is 3. The summed E-state index contributed by atoms with van der Waals surface area (Å²) in [4.78, 5) is 38.9. The lowest BCUT2D eigenvalue weighted by molar-refractivity contribution is -0.127. The molecule has 180 valence electrons. The average molecular weight is 596 g/mol. The Hall–Kier alpha value is -2.73. The summed E-state index contributed by atoms with van der Waals surface area (Å²) in [6.07, 6.45) is 1.62. The van der Waals surface area contributed by atoms with Crippen LogP contribution in [0.15, 0.2) is 41.3 Å². The van der Waals surface area contributed by atoms with Crippen LogP contribution in [0.4, 0.5) is 10.5 Å². The van der Waals surface area contributed by atoms with Crippen molar-refractivity contribution >= 4 is 63.2 Å². The van der Waals surface area contributed by atoms with Gasteiger partial charge in [0.25, 0.3) is 11.1 Å². The van der Waals surface area contributed by atoms with Gasteiger partial charge in [0.2, 0.25) is 5.91 Å². The van der Waals surface area contributed by atoms with Crippen LogP contribution in [0, 0.1) is 3.57 Å². The summed E-state index contributed by atoms with van der Waals surface area (Å²) in [5, 5.41) is 2.19. The summed E-state index contributed by atoms with van der Waals surface area (Å²) in [5.74, 6) is 0.909. The van der Waals surface area contributed by atoms with Crippen LogP contribution < -0.4 is 19.5 Å². The molecule has 0 spiro atoms. The molecule has 10 heteroatoms. The van der Waals surface area contributed by atoms with Gasteiger partial charge in [0, 0.05) is 5.69 Å². The summed E-state index contributed by atoms with van der Waals surface area (Å²) in [6.45, 7) is 6.77. The Morgan fingerprint density at radius 3 is 2.35 bits per heavy atom. The highest BCUT2D eigenvalue weighted by molar-refractivity contribution is 14.1. The maximum atomic E-state index is 12.9. The Bertz CT molecular complexity index is 1100. The average Bonchev–Trinajstić information content (AvgIpc) is 3.05. The number of ether oxygens (including phenoxy) is 3. The summed E-state index contributed by atoms with van der Waals surface area (Å²) >= 11 is 2.94. The molecule has 1 aliphatic heterocycles. The molecule has 0 aliphatic carbocycles. The van der Waals surface area contributed by atoms with Gasteiger partial charge in [-0.25, -0.2) is 0 Å². The van der Waals surface area contributed by atoms with E-state index in [1.807, 2.05) is 26.8 Å². The predicted molar refractivity (Wildman–Crippen MR) is 140 cm³/mol. The molecule has 0 aromatic heterocycles. The molecule has 34 heavy (non-hydrogen) atoms. The molecule has 0 radical (unpaired) electrons. The molecular formula is C24H25IN2O6S. The topological polar surface area (TPSA) is 94.2 Å². The van der Waals surface area contributed by atoms with Crippen molar-refractivity contribution < 1.29 is 28.6 Å². The highest BCUT2D eigenvalue weighted by atomic mass is 127. The monoisotopic (exact) mass is 596 g/mol. The number of nitrogens with one attached hydrogen (secondary N) is 1. The molecule has 1 N–H and O–H groups in total. The molecule has 8 nitrogen and oxygen atoms in total. The zero-order valence-corrected chi connectivity index (χ0v) is 22.0. The molecule has 0 unspecified atom stereocenters. The summed E-state index contributed by atoms with van der Waals surface area (Å²) in [7, 11) is 0. The van der Waals surface area contributed by atoms with E-state index in [1.54, 1.807) is 36.4 Å². The maximum absolute atomic E-state index is 12.9. The lowest BCUT2D eigenvalue weighted by Crippen LogP contribution is -2.36. The van der Waals surface area contributed by atoms with E-state index < -0.39 is 17.1 Å². The van der Waals surface area contributed by atoms with E-state index in [2.05, 4.69) is 27.9 Å². The van der Waals surface area contributed by atoms with Crippen LogP contribution in [0.3, 0.4) is 0 Å². The van der Waals surface area contributed by atoms with Crippen molar-refractivity contribution in [2.24, 2.45) is 0 Å². The zero-order chi connectivity index (χ0) is 24.7. The van der Waals surface area contributed by atoms with Crippen LogP contribution in [0.1, 0.15) is 26.3 Å². The molecular weight excluding hydrogens is 571 g/mol. The molecule has 1 heterocycles. The van der Waals surface area contributed by atoms with E-state index in [0.29, 0.717) is 48.3 Å². The molecule has 1 aliphatic rings. The Balaban J connectivity index is 1.72. The van der Waals surface area contributed by atoms with Gasteiger partial charge in [0.15, 0.2) is 11.5 Å². The standard InChI is InChI=1S/C24H25IN2O6S/c1-4-31-17-9-7-16(8-10-17)26-21(28)14-27-23(29)20(34-24(27)30)13-15-11-18(25)22(33-6-3)19(12-15)32-5-2/h7-13H,4-6,14H2,1-3H3,(H,26,28)/b20-13+. The number of nitrogens with zero attached hydrogens (tertiary/aromatic N) is 1. The molecule has 3 rings (SSSR count). The Kier molecular flexibility index (Phi) is 9.22. The van der Waals surface area contributed by atoms with Crippen LogP contribution in [-0.2, 0) is 9.59 Å². The summed E-state index contributed by atoms with van der Waals surface area (Å²) in [5.41, 5.74) is 1.24. The first-order valence-corrected chi connectivity index (χ1v) is 12.6. The Morgan fingerprint density at radius 1 is 1.03 bits per heavy atom. The summed E-state index contributed by atoms with van der Waals surface area (Å²) in [6, 6.07) is 10.5. The number of thioether (sulfide) groups is 1. The van der Waals surface area contributed by atoms with Gasteiger partial charge in [0.1, 0.15) is 12.3 Å². The van der Waals surface area contributed by atoms with Crippen molar-refractivity contribution in [1.29, 1.82) is 0 Å². The highest BCUT2D eigenvalue weighted by Gasteiger charge is 2.36. The molecule has 0 saturated carbocycles. The number of hydrogen-bond donors (Lipinski definition) is 1. The van der Waals surface area contributed by atoms with Gasteiger partial charge in [-0.15, -0.1) is 0 Å². The van der Waals surface area contributed by atoms with Crippen molar-refractivity contribution in [3.05, 3.63) is 50.4 Å². The molecule has 3 amide bonds. The van der Waals surface area contributed by atoms with E-state index in [9.17, 15) is 14.4 Å². The van der Waals surface area contributed by atoms with Crippen LogP contribution in [0.5, 0.6) is 17.2 Å². The lowest BCUT2D eigenvalue weighted by atomic mass is 10.2. The fourth-order valence-electron chi connectivity index (χ4n) is 3.15. The first-order valence-electron chi connectivity index (χ1n) is 10.7. The SMILES string of the molecule is CCOc1ccc(NC(=O)CN2C(=O)S/C(=C/c3cc(I)c(OCC)c(OCC)c3)C2=O)cc1. The predicted octanol–water partition coefficient (Wildman–Crippen LogP) is 5.16. The number of amides is 3. The molecule has 0 bridgehead atoms. The van der Waals surface area contributed by atoms with Gasteiger partial charge in [-0.05, 0) is 103 Å². The minimum atomic E-state index is -0.515. The smallest absolute Gasteiger partial charge is 0.294 e. The Labute approximate surface area is 216 Å². The van der Waals surface area contributed by atoms with Crippen LogP contribution >= 0.6 is 34.4 Å². The molecule has 0 atom stereocenters. The third-order valence-electron chi connectivity index (χ3n) is 4.54. The number of anilines is 1. The van der Waals surface area contributed by atoms with Gasteiger partial charge in [-0.2, -0.15) is 0 Å². The van der Waals surface area contributed by atoms with Gasteiger partial charge >= 0.3 is 0 Å². The molecule has 1 saturated heterocycles. The normalized spacial score (nSPS) is 14.5. The van der Waals surface area contributed by atoms with Crippen LogP contribution in [0.2, 0.25) is 0 Å². The van der Waals surface area contributed by atoms with Crippen LogP contribution in [0.25, 0.3) is 6.08 Å². The minimum absolute atomic E-state index is 0.237. The van der Waals surface area contributed by atoms with Crippen molar-refractivity contribution in [2.75, 3.05) is 31.7 Å². The van der Waals surface area contributed by atoms with E-state index in [-0.39, 0.29) is 11.4 Å². The molecule has 2 aromatic carbocycles. The highest BCUT2D eigenvalue weighted by Crippen LogP contribution is 2.37. The fourth-order valence-corrected chi connectivity index (χ4v) is 4.77. The van der Waals surface area contributed by atoms with Crippen molar-refractivity contribution in [1.82, 2.24) is 4.90 Å². The number of halogens is 1. The van der Waals surface area contributed by atoms with E-state index in [4.69, 9.17) is 14.2 Å². The van der Waals surface area contributed by atoms with Gasteiger partial charge in [-0.1, -0.05) is 0 Å². The number of benzene rings is 2. The Morgan fingerprint density at radius 2 is 1.71 bits per heavy atom. The fraction of sp³-hybridized carbons (Fsp3) is 0.292. The third kappa shape index (κ3) is 6.44. The molecule has 1 fully saturated rings. The van der Waals surface area contributed by atoms with Gasteiger partial charge in [0.05, 0.1) is 28.3 Å². The number of rotatable bonds is 10. The van der Waals surface area contributed by atoms with Crippen molar-refractivity contribution in [3.8, 4) is 17.2 Å². The minimum Gasteiger partial charge on any atom is -0.494 e. The third-order valence-corrected chi connectivity index (χ3v) is 6.25. The largest absolute Gasteiger partial charge is 0.494 e. The maximum Gasteiger partial charge on any atom is 0.294 e. The second-order valence-corrected chi connectivity index (χ2v) is 9.12. The van der Waals surface area contributed by atoms with Gasteiger partial charge in [-0.3, -0.25) is 19.3 Å². The van der Waals surface area contributed by atoms with E-state index >= 15 is 0 Å². The zero-order valence-electron chi connectivity index (χ0n) is 19.1. The number of hydrogen-bond acceptors (Lipinski definition) is 7. The first-order chi connectivity index (χ1) is 16.4. The first kappa shape index (κ1) is 25.9. The van der Waals surface area contributed by atoms with Crippen LogP contribution in [-0.4, -0.2) is 48.3 Å². The summed E-state index contributed by atoms with van der Waals surface area (Å²) < 4.78 is 17.6. The van der Waals surface area contributed by atoms with E-state index in [1.165, 1.54) is 0 Å². The second kappa shape index (κ2) is 12.1. The number of carbonyl (C=O) groups excluding carboxylic acids is 3. The molecule has 2 aromatic rings. The lowest BCUT2D eigenvalue weighted by Gasteiger charge is -2.14. The quantitative estimate of drug-likeness (QED) is 0.299. The second-order valence-electron chi connectivity index (χ2n) is 6.97. The van der Waals surface area contributed by atoms with Gasteiger partial charge < -0.3 is 19.5 Å².